The lowest BCUT2D eigenvalue weighted by molar-refractivity contribution is 0.475. The van der Waals surface area contributed by atoms with Gasteiger partial charge in [-0.25, -0.2) is 0 Å². The number of hydrogen-bond donors (Lipinski definition) is 2. The summed E-state index contributed by atoms with van der Waals surface area (Å²) in [6.07, 6.45) is 0. The van der Waals surface area contributed by atoms with Crippen molar-refractivity contribution in [2.24, 2.45) is 0 Å². The highest BCUT2D eigenvalue weighted by Crippen LogP contribution is 2.20. The third-order valence-corrected chi connectivity index (χ3v) is 2.51. The quantitative estimate of drug-likeness (QED) is 0.741. The molecule has 0 unspecified atom stereocenters. The molecule has 0 spiro atoms. The van der Waals surface area contributed by atoms with E-state index in [1.54, 1.807) is 18.2 Å². The molecule has 1 aromatic carbocycles. The predicted molar refractivity (Wildman–Crippen MR) is 51.8 cm³/mol. The van der Waals surface area contributed by atoms with Gasteiger partial charge in [0.15, 0.2) is 0 Å². The zero-order chi connectivity index (χ0) is 9.80. The standard InChI is InChI=1S/C8H8N4OS/c13-7-3-1-2-6(4-7)5-14-8-9-11-12-10-8/h1-4,13H,5H2,(H,9,10,11,12). The van der Waals surface area contributed by atoms with Crippen LogP contribution in [-0.4, -0.2) is 25.7 Å². The monoisotopic (exact) mass is 208 g/mol. The molecule has 0 bridgehead atoms. The number of benzene rings is 1. The smallest absolute Gasteiger partial charge is 0.231 e. The molecule has 14 heavy (non-hydrogen) atoms. The molecule has 0 aliphatic carbocycles. The van der Waals surface area contributed by atoms with Crippen LogP contribution in [0.2, 0.25) is 0 Å². The Labute approximate surface area is 84.5 Å². The van der Waals surface area contributed by atoms with E-state index in [0.717, 1.165) is 5.56 Å². The number of hydrogen-bond acceptors (Lipinski definition) is 5. The van der Waals surface area contributed by atoms with Crippen LogP contribution < -0.4 is 0 Å². The third kappa shape index (κ3) is 2.23. The van der Waals surface area contributed by atoms with Crippen molar-refractivity contribution >= 4 is 11.8 Å². The van der Waals surface area contributed by atoms with Gasteiger partial charge in [0, 0.05) is 5.75 Å². The number of thioether (sulfide) groups is 1. The summed E-state index contributed by atoms with van der Waals surface area (Å²) in [5, 5.41) is 23.3. The van der Waals surface area contributed by atoms with Crippen molar-refractivity contribution in [3.63, 3.8) is 0 Å². The molecule has 0 amide bonds. The number of tetrazole rings is 1. The number of nitrogens with zero attached hydrogens (tertiary/aromatic N) is 3. The van der Waals surface area contributed by atoms with Crippen LogP contribution >= 0.6 is 11.8 Å². The summed E-state index contributed by atoms with van der Waals surface area (Å²) >= 11 is 1.46. The van der Waals surface area contributed by atoms with Crippen LogP contribution in [-0.2, 0) is 5.75 Å². The fraction of sp³-hybridized carbons (Fsp3) is 0.125. The molecule has 0 aliphatic rings. The summed E-state index contributed by atoms with van der Waals surface area (Å²) in [6, 6.07) is 7.10. The number of H-pyrrole nitrogens is 1. The lowest BCUT2D eigenvalue weighted by Crippen LogP contribution is -1.81. The molecular weight excluding hydrogens is 200 g/mol. The van der Waals surface area contributed by atoms with E-state index in [1.807, 2.05) is 6.07 Å². The summed E-state index contributed by atoms with van der Waals surface area (Å²) in [7, 11) is 0. The second-order valence-electron chi connectivity index (χ2n) is 2.65. The molecule has 0 atom stereocenters. The Hall–Kier alpha value is -1.56. The normalized spacial score (nSPS) is 10.3. The van der Waals surface area contributed by atoms with Crippen molar-refractivity contribution in [3.05, 3.63) is 29.8 Å². The van der Waals surface area contributed by atoms with E-state index < -0.39 is 0 Å². The van der Waals surface area contributed by atoms with Crippen LogP contribution in [0.5, 0.6) is 5.75 Å². The third-order valence-electron chi connectivity index (χ3n) is 1.60. The van der Waals surface area contributed by atoms with Crippen molar-refractivity contribution in [3.8, 4) is 5.75 Å². The zero-order valence-corrected chi connectivity index (χ0v) is 8.03. The Morgan fingerprint density at radius 3 is 3.07 bits per heavy atom. The number of aromatic amines is 1. The minimum Gasteiger partial charge on any atom is -0.508 e. The largest absolute Gasteiger partial charge is 0.508 e. The van der Waals surface area contributed by atoms with Crippen molar-refractivity contribution in [1.82, 2.24) is 20.6 Å². The molecule has 0 fully saturated rings. The molecule has 5 nitrogen and oxygen atoms in total. The summed E-state index contributed by atoms with van der Waals surface area (Å²) < 4.78 is 0. The lowest BCUT2D eigenvalue weighted by atomic mass is 10.2. The number of aromatic hydroxyl groups is 1. The molecule has 1 heterocycles. The highest BCUT2D eigenvalue weighted by molar-refractivity contribution is 7.98. The van der Waals surface area contributed by atoms with Gasteiger partial charge in [-0.2, -0.15) is 5.21 Å². The Morgan fingerprint density at radius 2 is 2.36 bits per heavy atom. The average Bonchev–Trinajstić information content (AvgIpc) is 2.67. The van der Waals surface area contributed by atoms with Gasteiger partial charge in [0.1, 0.15) is 5.75 Å². The molecule has 6 heteroatoms. The van der Waals surface area contributed by atoms with E-state index in [2.05, 4.69) is 20.6 Å². The molecular formula is C8H8N4OS. The first-order chi connectivity index (χ1) is 6.84. The van der Waals surface area contributed by atoms with Crippen molar-refractivity contribution in [1.29, 1.82) is 0 Å². The SMILES string of the molecule is Oc1cccc(CSc2nn[nH]n2)c1. The van der Waals surface area contributed by atoms with Gasteiger partial charge in [-0.1, -0.05) is 23.9 Å². The van der Waals surface area contributed by atoms with Crippen molar-refractivity contribution in [2.45, 2.75) is 10.9 Å². The maximum absolute atomic E-state index is 9.21. The topological polar surface area (TPSA) is 74.7 Å². The fourth-order valence-corrected chi connectivity index (χ4v) is 1.69. The highest BCUT2D eigenvalue weighted by Gasteiger charge is 2.00. The Bertz CT molecular complexity index is 403. The lowest BCUT2D eigenvalue weighted by Gasteiger charge is -1.98. The van der Waals surface area contributed by atoms with Crippen LogP contribution in [0, 0.1) is 0 Å². The number of aromatic nitrogens is 4. The van der Waals surface area contributed by atoms with Gasteiger partial charge in [-0.15, -0.1) is 10.2 Å². The van der Waals surface area contributed by atoms with Gasteiger partial charge in [-0.3, -0.25) is 0 Å². The summed E-state index contributed by atoms with van der Waals surface area (Å²) in [5.74, 6) is 0.990. The molecule has 0 saturated carbocycles. The first-order valence-electron chi connectivity index (χ1n) is 3.99. The van der Waals surface area contributed by atoms with Crippen molar-refractivity contribution in [2.75, 3.05) is 0 Å². The second-order valence-corrected chi connectivity index (χ2v) is 3.60. The van der Waals surface area contributed by atoms with Gasteiger partial charge in [-0.05, 0) is 22.9 Å². The summed E-state index contributed by atoms with van der Waals surface area (Å²) in [5.41, 5.74) is 1.03. The van der Waals surface area contributed by atoms with Crippen LogP contribution in [0.25, 0.3) is 0 Å². The van der Waals surface area contributed by atoms with Gasteiger partial charge < -0.3 is 5.11 Å². The fourth-order valence-electron chi connectivity index (χ4n) is 1.01. The van der Waals surface area contributed by atoms with E-state index in [-0.39, 0.29) is 5.75 Å². The minimum atomic E-state index is 0.274. The van der Waals surface area contributed by atoms with E-state index in [4.69, 9.17) is 0 Å². The molecule has 2 N–H and O–H groups in total. The zero-order valence-electron chi connectivity index (χ0n) is 7.21. The highest BCUT2D eigenvalue weighted by atomic mass is 32.2. The summed E-state index contributed by atoms with van der Waals surface area (Å²) in [4.78, 5) is 0. The van der Waals surface area contributed by atoms with Crippen molar-refractivity contribution < 1.29 is 5.11 Å². The molecule has 1 aromatic heterocycles. The number of phenols is 1. The Morgan fingerprint density at radius 1 is 1.43 bits per heavy atom. The van der Waals surface area contributed by atoms with Gasteiger partial charge in [0.05, 0.1) is 0 Å². The predicted octanol–water partition coefficient (Wildman–Crippen LogP) is 1.20. The van der Waals surface area contributed by atoms with Crippen LogP contribution in [0.1, 0.15) is 5.56 Å². The molecule has 72 valence electrons. The van der Waals surface area contributed by atoms with Crippen LogP contribution in [0.15, 0.2) is 29.4 Å². The Kier molecular flexibility index (Phi) is 2.64. The van der Waals surface area contributed by atoms with E-state index >= 15 is 0 Å². The summed E-state index contributed by atoms with van der Waals surface area (Å²) in [6.45, 7) is 0. The second kappa shape index (κ2) is 4.10. The van der Waals surface area contributed by atoms with E-state index in [0.29, 0.717) is 10.9 Å². The van der Waals surface area contributed by atoms with Gasteiger partial charge in [0.2, 0.25) is 5.16 Å². The molecule has 0 radical (unpaired) electrons. The molecule has 0 saturated heterocycles. The maximum Gasteiger partial charge on any atom is 0.231 e. The first kappa shape index (κ1) is 9.01. The minimum absolute atomic E-state index is 0.274. The Balaban J connectivity index is 1.98. The number of nitrogens with one attached hydrogen (secondary N) is 1. The first-order valence-corrected chi connectivity index (χ1v) is 4.97. The average molecular weight is 208 g/mol. The maximum atomic E-state index is 9.21. The van der Waals surface area contributed by atoms with Gasteiger partial charge in [0.25, 0.3) is 0 Å². The van der Waals surface area contributed by atoms with E-state index in [1.165, 1.54) is 11.8 Å². The number of phenolic OH excluding ortho intramolecular Hbond substituents is 1. The van der Waals surface area contributed by atoms with Crippen LogP contribution in [0.3, 0.4) is 0 Å². The molecule has 2 aromatic rings. The molecule has 0 aliphatic heterocycles. The van der Waals surface area contributed by atoms with Crippen LogP contribution in [0.4, 0.5) is 0 Å². The van der Waals surface area contributed by atoms with Gasteiger partial charge >= 0.3 is 0 Å². The van der Waals surface area contributed by atoms with E-state index in [9.17, 15) is 5.11 Å². The molecule has 2 rings (SSSR count). The number of rotatable bonds is 3.